The third kappa shape index (κ3) is 43.0. The van der Waals surface area contributed by atoms with Gasteiger partial charge in [-0.1, -0.05) is 196 Å². The highest BCUT2D eigenvalue weighted by Gasteiger charge is 2.27. The highest BCUT2D eigenvalue weighted by Crippen LogP contribution is 2.43. The lowest BCUT2D eigenvalue weighted by Crippen LogP contribution is -2.30. The van der Waals surface area contributed by atoms with E-state index in [9.17, 15) is 28.6 Å². The Labute approximate surface area is 475 Å². The van der Waals surface area contributed by atoms with Gasteiger partial charge in [0.2, 0.25) is 11.8 Å². The molecule has 0 spiro atoms. The molecule has 0 saturated heterocycles. The van der Waals surface area contributed by atoms with E-state index < -0.39 is 32.5 Å². The number of phosphoric ester groups is 1. The summed E-state index contributed by atoms with van der Waals surface area (Å²) in [6.45, 7) is 14.3. The van der Waals surface area contributed by atoms with Gasteiger partial charge < -0.3 is 25.0 Å². The van der Waals surface area contributed by atoms with E-state index in [0.717, 1.165) is 94.6 Å². The van der Waals surface area contributed by atoms with Crippen LogP contribution in [0.15, 0.2) is 83.1 Å². The molecule has 0 bridgehead atoms. The van der Waals surface area contributed by atoms with E-state index in [1.807, 2.05) is 25.2 Å². The van der Waals surface area contributed by atoms with Gasteiger partial charge in [0.1, 0.15) is 6.61 Å². The van der Waals surface area contributed by atoms with E-state index >= 15 is 0 Å². The number of hydrogen-bond acceptors (Lipinski definition) is 9. The SMILES string of the molecule is CCCCCCCCC=CCCCCCCCC(=O)OCC(COP(=O)(O)OCCNC(=O)CCCNC(=O)C=C(C)C=CC=C(C)C=CC1=C(C)CCCC1(C)C)OC(=O)CCCCCCCC=CCCCCCCCC. The molecular formula is C65H111N2O10P. The molecule has 2 atom stereocenters. The van der Waals surface area contributed by atoms with Crippen molar-refractivity contribution < 1.29 is 47.2 Å². The molecule has 13 heteroatoms. The molecule has 1 aliphatic rings. The molecule has 0 saturated carbocycles. The Morgan fingerprint density at radius 1 is 0.628 bits per heavy atom. The first kappa shape index (κ1) is 72.2. The maximum atomic E-state index is 12.9. The van der Waals surface area contributed by atoms with E-state index in [1.54, 1.807) is 0 Å². The van der Waals surface area contributed by atoms with E-state index in [2.05, 4.69) is 88.6 Å². The molecule has 1 aliphatic carbocycles. The Bertz CT molecular complexity index is 1900. The highest BCUT2D eigenvalue weighted by molar-refractivity contribution is 7.47. The normalized spacial score (nSPS) is 15.4. The van der Waals surface area contributed by atoms with Gasteiger partial charge in [-0.3, -0.25) is 28.2 Å². The Balaban J connectivity index is 2.48. The lowest BCUT2D eigenvalue weighted by Gasteiger charge is -2.32. The summed E-state index contributed by atoms with van der Waals surface area (Å²) in [6.07, 6.45) is 54.1. The van der Waals surface area contributed by atoms with Crippen molar-refractivity contribution in [2.24, 2.45) is 5.41 Å². The van der Waals surface area contributed by atoms with Gasteiger partial charge in [-0.05, 0) is 127 Å². The quantitative estimate of drug-likeness (QED) is 0.0133. The van der Waals surface area contributed by atoms with E-state index in [0.29, 0.717) is 25.8 Å². The highest BCUT2D eigenvalue weighted by atomic mass is 31.2. The van der Waals surface area contributed by atoms with Gasteiger partial charge in [0.15, 0.2) is 6.10 Å². The molecule has 0 aliphatic heterocycles. The largest absolute Gasteiger partial charge is 0.472 e. The van der Waals surface area contributed by atoms with E-state index in [-0.39, 0.29) is 56.3 Å². The number of esters is 2. The van der Waals surface area contributed by atoms with Crippen LogP contribution in [0.25, 0.3) is 0 Å². The Morgan fingerprint density at radius 2 is 1.15 bits per heavy atom. The molecule has 12 nitrogen and oxygen atoms in total. The summed E-state index contributed by atoms with van der Waals surface area (Å²) in [5.74, 6) is -1.50. The second-order valence-electron chi connectivity index (χ2n) is 22.2. The van der Waals surface area contributed by atoms with Gasteiger partial charge in [0, 0.05) is 38.4 Å². The standard InChI is InChI=1S/C65H111N2O10P/c1-8-10-12-14-16-18-20-22-24-26-28-30-32-34-36-45-63(70)74-54-59(77-64(71)46-37-35-33-31-29-27-25-23-21-19-17-15-13-11-9-2)55-76-78(72,73)75-52-51-67-61(68)44-40-50-66-62(69)53-57(4)42-38-41-56(3)47-48-60-58(5)43-39-49-65(60,6)7/h22-25,38,41-42,47-48,53,59H,8-21,26-37,39-40,43-46,49-52,54-55H2,1-7H3,(H,66,69)(H,67,68)(H,72,73). The molecule has 0 heterocycles. The molecule has 446 valence electrons. The van der Waals surface area contributed by atoms with Crippen molar-refractivity contribution >= 4 is 31.6 Å². The van der Waals surface area contributed by atoms with Crippen LogP contribution in [0.1, 0.15) is 260 Å². The van der Waals surface area contributed by atoms with E-state index in [4.69, 9.17) is 18.5 Å². The van der Waals surface area contributed by atoms with Crippen LogP contribution in [0.2, 0.25) is 0 Å². The zero-order valence-corrected chi connectivity index (χ0v) is 51.2. The van der Waals surface area contributed by atoms with Crippen LogP contribution in [-0.4, -0.2) is 67.7 Å². The minimum absolute atomic E-state index is 0.0606. The lowest BCUT2D eigenvalue weighted by molar-refractivity contribution is -0.161. The maximum Gasteiger partial charge on any atom is 0.472 e. The number of nitrogens with one attached hydrogen (secondary N) is 2. The minimum atomic E-state index is -4.63. The third-order valence-corrected chi connectivity index (χ3v) is 15.1. The number of rotatable bonds is 49. The average molecular weight is 1110 g/mol. The summed E-state index contributed by atoms with van der Waals surface area (Å²) in [5.41, 5.74) is 4.97. The summed E-state index contributed by atoms with van der Waals surface area (Å²) >= 11 is 0. The number of phosphoric acid groups is 1. The zero-order chi connectivity index (χ0) is 57.4. The lowest BCUT2D eigenvalue weighted by atomic mass is 9.72. The number of carbonyl (C=O) groups excluding carboxylic acids is 4. The fourth-order valence-corrected chi connectivity index (χ4v) is 10.1. The van der Waals surface area contributed by atoms with Gasteiger partial charge >= 0.3 is 19.8 Å². The first-order chi connectivity index (χ1) is 37.6. The third-order valence-electron chi connectivity index (χ3n) is 14.1. The second-order valence-corrected chi connectivity index (χ2v) is 23.7. The first-order valence-corrected chi connectivity index (χ1v) is 32.3. The van der Waals surface area contributed by atoms with Crippen molar-refractivity contribution in [2.75, 3.05) is 32.9 Å². The maximum absolute atomic E-state index is 12.9. The summed E-state index contributed by atoms with van der Waals surface area (Å²) in [7, 11) is -4.63. The van der Waals surface area contributed by atoms with Gasteiger partial charge in [-0.15, -0.1) is 0 Å². The van der Waals surface area contributed by atoms with Crippen molar-refractivity contribution in [3.05, 3.63) is 83.1 Å². The van der Waals surface area contributed by atoms with Crippen LogP contribution in [0.4, 0.5) is 0 Å². The molecule has 0 aromatic heterocycles. The molecule has 0 radical (unpaired) electrons. The first-order valence-electron chi connectivity index (χ1n) is 30.8. The smallest absolute Gasteiger partial charge is 0.462 e. The van der Waals surface area contributed by atoms with E-state index in [1.165, 1.54) is 107 Å². The monoisotopic (exact) mass is 1110 g/mol. The average Bonchev–Trinajstić information content (AvgIpc) is 3.41. The van der Waals surface area contributed by atoms with Gasteiger partial charge in [-0.25, -0.2) is 4.57 Å². The molecule has 2 amide bonds. The second kappa shape index (κ2) is 47.9. The number of amides is 2. The molecule has 3 N–H and O–H groups in total. The number of carbonyl (C=O) groups is 4. The molecule has 0 aromatic rings. The minimum Gasteiger partial charge on any atom is -0.462 e. The summed E-state index contributed by atoms with van der Waals surface area (Å²) in [4.78, 5) is 60.9. The van der Waals surface area contributed by atoms with Crippen LogP contribution in [0.5, 0.6) is 0 Å². The van der Waals surface area contributed by atoms with Crippen LogP contribution in [0, 0.1) is 5.41 Å². The Morgan fingerprint density at radius 3 is 1.71 bits per heavy atom. The predicted octanol–water partition coefficient (Wildman–Crippen LogP) is 17.2. The fraction of sp³-hybridized carbons (Fsp3) is 0.723. The summed E-state index contributed by atoms with van der Waals surface area (Å²) < 4.78 is 34.2. The summed E-state index contributed by atoms with van der Waals surface area (Å²) in [5, 5.41) is 5.44. The van der Waals surface area contributed by atoms with Crippen molar-refractivity contribution in [1.82, 2.24) is 10.6 Å². The van der Waals surface area contributed by atoms with Gasteiger partial charge in [0.05, 0.1) is 13.2 Å². The van der Waals surface area contributed by atoms with Crippen LogP contribution in [0.3, 0.4) is 0 Å². The van der Waals surface area contributed by atoms with Crippen LogP contribution in [-0.2, 0) is 42.3 Å². The molecule has 0 fully saturated rings. The molecule has 0 aromatic carbocycles. The Hall–Kier alpha value is -3.83. The molecule has 2 unspecified atom stereocenters. The number of ether oxygens (including phenoxy) is 2. The topological polar surface area (TPSA) is 167 Å². The van der Waals surface area contributed by atoms with Crippen LogP contribution < -0.4 is 10.6 Å². The molecule has 1 rings (SSSR count). The molecular weight excluding hydrogens is 1000 g/mol. The van der Waals surface area contributed by atoms with Crippen molar-refractivity contribution in [3.8, 4) is 0 Å². The van der Waals surface area contributed by atoms with Crippen molar-refractivity contribution in [2.45, 2.75) is 266 Å². The van der Waals surface area contributed by atoms with Gasteiger partial charge in [-0.2, -0.15) is 0 Å². The number of allylic oxidation sites excluding steroid dienone is 13. The van der Waals surface area contributed by atoms with Crippen molar-refractivity contribution in [1.29, 1.82) is 0 Å². The van der Waals surface area contributed by atoms with Crippen LogP contribution >= 0.6 is 7.82 Å². The zero-order valence-electron chi connectivity index (χ0n) is 50.3. The predicted molar refractivity (Wildman–Crippen MR) is 323 cm³/mol. The summed E-state index contributed by atoms with van der Waals surface area (Å²) in [6, 6.07) is 0. The van der Waals surface area contributed by atoms with Gasteiger partial charge in [0.25, 0.3) is 0 Å². The van der Waals surface area contributed by atoms with Crippen molar-refractivity contribution in [3.63, 3.8) is 0 Å². The molecule has 78 heavy (non-hydrogen) atoms. The fourth-order valence-electron chi connectivity index (χ4n) is 9.35. The number of unbranched alkanes of at least 4 members (excludes halogenated alkanes) is 22. The Kier molecular flexibility index (Phi) is 44.4. The number of hydrogen-bond donors (Lipinski definition) is 3.